The third kappa shape index (κ3) is 5.04. The van der Waals surface area contributed by atoms with Gasteiger partial charge in [-0.1, -0.05) is 109 Å². The van der Waals surface area contributed by atoms with Crippen molar-refractivity contribution in [1.82, 2.24) is 19.5 Å². The summed E-state index contributed by atoms with van der Waals surface area (Å²) in [5, 5.41) is 0. The van der Waals surface area contributed by atoms with Gasteiger partial charge in [-0.15, -0.1) is 0 Å². The first-order chi connectivity index (χ1) is 23.8. The second kappa shape index (κ2) is 11.6. The van der Waals surface area contributed by atoms with E-state index in [2.05, 4.69) is 125 Å². The predicted octanol–water partition coefficient (Wildman–Crippen LogP) is 10.9. The number of fused-ring (bicyclic) bond motifs is 2. The number of rotatable bonds is 6. The second-order valence-corrected chi connectivity index (χ2v) is 11.7. The third-order valence-electron chi connectivity index (χ3n) is 8.67. The number of nitrogens with zero attached hydrogens (tertiary/aromatic N) is 4. The molecule has 5 heteroatoms. The summed E-state index contributed by atoms with van der Waals surface area (Å²) in [7, 11) is 0. The van der Waals surface area contributed by atoms with Gasteiger partial charge in [0.25, 0.3) is 0 Å². The normalized spacial score (nSPS) is 11.3. The zero-order valence-corrected chi connectivity index (χ0v) is 25.9. The smallest absolute Gasteiger partial charge is 0.227 e. The molecule has 0 aliphatic carbocycles. The van der Waals surface area contributed by atoms with Crippen molar-refractivity contribution in [3.63, 3.8) is 0 Å². The van der Waals surface area contributed by atoms with Crippen molar-refractivity contribution in [2.75, 3.05) is 0 Å². The van der Waals surface area contributed by atoms with E-state index in [1.165, 1.54) is 0 Å². The number of para-hydroxylation sites is 4. The molecule has 226 valence electrons. The fourth-order valence-electron chi connectivity index (χ4n) is 6.25. The predicted molar refractivity (Wildman–Crippen MR) is 194 cm³/mol. The van der Waals surface area contributed by atoms with Crippen molar-refractivity contribution in [2.24, 2.45) is 0 Å². The Balaban J connectivity index is 1.11. The first-order valence-electron chi connectivity index (χ1n) is 15.9. The lowest BCUT2D eigenvalue weighted by Crippen LogP contribution is -1.98. The van der Waals surface area contributed by atoms with Crippen molar-refractivity contribution in [3.8, 4) is 62.2 Å². The highest BCUT2D eigenvalue weighted by molar-refractivity contribution is 5.84. The van der Waals surface area contributed by atoms with Gasteiger partial charge in [0, 0.05) is 27.9 Å². The fourth-order valence-corrected chi connectivity index (χ4v) is 6.25. The van der Waals surface area contributed by atoms with E-state index in [0.29, 0.717) is 5.89 Å². The molecule has 0 radical (unpaired) electrons. The summed E-state index contributed by atoms with van der Waals surface area (Å²) in [5.41, 5.74) is 12.8. The largest absolute Gasteiger partial charge is 0.436 e. The summed E-state index contributed by atoms with van der Waals surface area (Å²) in [5.74, 6) is 1.47. The van der Waals surface area contributed by atoms with Gasteiger partial charge in [-0.05, 0) is 71.8 Å². The van der Waals surface area contributed by atoms with Crippen LogP contribution in [0.3, 0.4) is 0 Å². The van der Waals surface area contributed by atoms with Crippen molar-refractivity contribution in [3.05, 3.63) is 170 Å². The molecular weight excluding hydrogens is 589 g/mol. The SMILES string of the molecule is c1ccc(-c2cc(-c3ccccc3)nc(-c3ccc(-n4c(-c5ccc(-c6nc7ccccc7o6)cc5)nc5ccccc54)cc3)c2)cc1. The van der Waals surface area contributed by atoms with Crippen molar-refractivity contribution in [1.29, 1.82) is 0 Å². The minimum absolute atomic E-state index is 0.604. The molecule has 3 heterocycles. The number of hydrogen-bond donors (Lipinski definition) is 0. The van der Waals surface area contributed by atoms with Crippen LogP contribution in [0, 0.1) is 0 Å². The maximum absolute atomic E-state index is 6.02. The second-order valence-electron chi connectivity index (χ2n) is 11.7. The molecule has 48 heavy (non-hydrogen) atoms. The Kier molecular flexibility index (Phi) is 6.72. The average Bonchev–Trinajstić information content (AvgIpc) is 3.78. The monoisotopic (exact) mass is 616 g/mol. The molecule has 6 aromatic carbocycles. The zero-order valence-electron chi connectivity index (χ0n) is 25.9. The Morgan fingerprint density at radius 3 is 1.67 bits per heavy atom. The number of imidazole rings is 1. The van der Waals surface area contributed by atoms with Crippen LogP contribution in [0.1, 0.15) is 0 Å². The average molecular weight is 617 g/mol. The third-order valence-corrected chi connectivity index (χ3v) is 8.67. The summed E-state index contributed by atoms with van der Waals surface area (Å²) in [4.78, 5) is 14.9. The molecule has 0 spiro atoms. The Morgan fingerprint density at radius 1 is 0.396 bits per heavy atom. The lowest BCUT2D eigenvalue weighted by Gasteiger charge is -2.13. The molecule has 0 amide bonds. The van der Waals surface area contributed by atoms with Crippen LogP contribution in [0.5, 0.6) is 0 Å². The Bertz CT molecular complexity index is 2440. The van der Waals surface area contributed by atoms with Crippen molar-refractivity contribution in [2.45, 2.75) is 0 Å². The van der Waals surface area contributed by atoms with E-state index in [9.17, 15) is 0 Å². The maximum atomic E-state index is 6.02. The van der Waals surface area contributed by atoms with E-state index >= 15 is 0 Å². The molecule has 9 rings (SSSR count). The first kappa shape index (κ1) is 27.7. The highest BCUT2D eigenvalue weighted by atomic mass is 16.3. The van der Waals surface area contributed by atoms with E-state index in [1.807, 2.05) is 54.6 Å². The van der Waals surface area contributed by atoms with Crippen LogP contribution in [-0.4, -0.2) is 19.5 Å². The highest BCUT2D eigenvalue weighted by Gasteiger charge is 2.16. The van der Waals surface area contributed by atoms with Gasteiger partial charge in [-0.3, -0.25) is 4.57 Å². The lowest BCUT2D eigenvalue weighted by atomic mass is 10.00. The Hall–Kier alpha value is -6.59. The minimum atomic E-state index is 0.604. The molecule has 0 saturated heterocycles. The van der Waals surface area contributed by atoms with Crippen LogP contribution in [-0.2, 0) is 0 Å². The quantitative estimate of drug-likeness (QED) is 0.186. The summed E-state index contributed by atoms with van der Waals surface area (Å²) >= 11 is 0. The molecule has 0 aliphatic rings. The molecule has 3 aromatic heterocycles. The van der Waals surface area contributed by atoms with E-state index < -0.39 is 0 Å². The number of aromatic nitrogens is 4. The van der Waals surface area contributed by atoms with Crippen LogP contribution < -0.4 is 0 Å². The molecule has 0 unspecified atom stereocenters. The molecule has 0 atom stereocenters. The van der Waals surface area contributed by atoms with Crippen LogP contribution in [0.15, 0.2) is 174 Å². The summed E-state index contributed by atoms with van der Waals surface area (Å²) in [6.07, 6.45) is 0. The molecule has 5 nitrogen and oxygen atoms in total. The van der Waals surface area contributed by atoms with Gasteiger partial charge < -0.3 is 4.42 Å². The lowest BCUT2D eigenvalue weighted by molar-refractivity contribution is 0.620. The van der Waals surface area contributed by atoms with Crippen LogP contribution in [0.25, 0.3) is 84.3 Å². The van der Waals surface area contributed by atoms with Gasteiger partial charge in [0.15, 0.2) is 5.58 Å². The molecule has 0 bridgehead atoms. The molecule has 0 saturated carbocycles. The summed E-state index contributed by atoms with van der Waals surface area (Å²) < 4.78 is 8.24. The highest BCUT2D eigenvalue weighted by Crippen LogP contribution is 2.34. The van der Waals surface area contributed by atoms with E-state index in [4.69, 9.17) is 14.4 Å². The van der Waals surface area contributed by atoms with E-state index in [-0.39, 0.29) is 0 Å². The number of pyridine rings is 1. The first-order valence-corrected chi connectivity index (χ1v) is 15.9. The topological polar surface area (TPSA) is 56.7 Å². The molecule has 0 fully saturated rings. The van der Waals surface area contributed by atoms with Gasteiger partial charge >= 0.3 is 0 Å². The van der Waals surface area contributed by atoms with Crippen molar-refractivity contribution < 1.29 is 4.42 Å². The van der Waals surface area contributed by atoms with Crippen LogP contribution in [0.2, 0.25) is 0 Å². The molecule has 0 N–H and O–H groups in total. The standard InChI is InChI=1S/C43H28N4O/c1-3-11-29(12-4-1)34-27-38(30-13-5-2-6-14-30)44-39(28-34)31-23-25-35(26-24-31)47-40-17-9-7-15-36(40)45-42(47)32-19-21-33(22-20-32)43-46-37-16-8-10-18-41(37)48-43/h1-28H. The van der Waals surface area contributed by atoms with Crippen LogP contribution >= 0.6 is 0 Å². The summed E-state index contributed by atoms with van der Waals surface area (Å²) in [6, 6.07) is 58.1. The van der Waals surface area contributed by atoms with Gasteiger partial charge in [0.2, 0.25) is 5.89 Å². The van der Waals surface area contributed by atoms with Gasteiger partial charge in [0.1, 0.15) is 11.3 Å². The molecule has 9 aromatic rings. The molecular formula is C43H28N4O. The Morgan fingerprint density at radius 2 is 0.958 bits per heavy atom. The number of hydrogen-bond acceptors (Lipinski definition) is 4. The summed E-state index contributed by atoms with van der Waals surface area (Å²) in [6.45, 7) is 0. The Labute approximate surface area is 277 Å². The van der Waals surface area contributed by atoms with Crippen LogP contribution in [0.4, 0.5) is 0 Å². The number of benzene rings is 6. The van der Waals surface area contributed by atoms with Gasteiger partial charge in [-0.2, -0.15) is 0 Å². The fraction of sp³-hybridized carbons (Fsp3) is 0. The molecule has 0 aliphatic heterocycles. The van der Waals surface area contributed by atoms with Gasteiger partial charge in [0.05, 0.1) is 22.4 Å². The van der Waals surface area contributed by atoms with Crippen molar-refractivity contribution >= 4 is 22.1 Å². The van der Waals surface area contributed by atoms with E-state index in [0.717, 1.165) is 78.4 Å². The minimum Gasteiger partial charge on any atom is -0.436 e. The van der Waals surface area contributed by atoms with Gasteiger partial charge in [-0.25, -0.2) is 15.0 Å². The maximum Gasteiger partial charge on any atom is 0.227 e. The number of oxazole rings is 1. The van der Waals surface area contributed by atoms with E-state index in [1.54, 1.807) is 0 Å². The zero-order chi connectivity index (χ0) is 31.9.